The molecule has 0 amide bonds. The molecule has 29 heavy (non-hydrogen) atoms. The van der Waals surface area contributed by atoms with Crippen LogP contribution in [-0.4, -0.2) is 32.3 Å². The number of esters is 1. The third kappa shape index (κ3) is 4.16. The van der Waals surface area contributed by atoms with E-state index in [0.29, 0.717) is 25.4 Å². The summed E-state index contributed by atoms with van der Waals surface area (Å²) in [5.74, 6) is 0.533. The lowest BCUT2D eigenvalue weighted by Crippen LogP contribution is -2.10. The van der Waals surface area contributed by atoms with Gasteiger partial charge in [-0.3, -0.25) is 9.78 Å². The molecule has 0 radical (unpaired) electrons. The Morgan fingerprint density at radius 1 is 1.24 bits per heavy atom. The number of carbonyl (C=O) groups excluding carboxylic acids is 1. The molecule has 0 unspecified atom stereocenters. The van der Waals surface area contributed by atoms with Crippen molar-refractivity contribution < 1.29 is 9.53 Å². The van der Waals surface area contributed by atoms with Crippen LogP contribution in [0.5, 0.6) is 0 Å². The van der Waals surface area contributed by atoms with Crippen molar-refractivity contribution in [2.24, 2.45) is 5.92 Å². The maximum Gasteiger partial charge on any atom is 0.306 e. The average Bonchev–Trinajstić information content (AvgIpc) is 3.43. The largest absolute Gasteiger partial charge is 0.466 e. The van der Waals surface area contributed by atoms with Crippen molar-refractivity contribution in [1.82, 2.24) is 19.7 Å². The highest BCUT2D eigenvalue weighted by Crippen LogP contribution is 2.38. The number of fused-ring (bicyclic) bond motifs is 1. The van der Waals surface area contributed by atoms with Gasteiger partial charge in [0, 0.05) is 47.6 Å². The number of rotatable bonds is 8. The van der Waals surface area contributed by atoms with Crippen molar-refractivity contribution in [3.05, 3.63) is 41.5 Å². The first kappa shape index (κ1) is 19.6. The maximum atomic E-state index is 12.1. The molecule has 6 heteroatoms. The maximum absolute atomic E-state index is 12.1. The van der Waals surface area contributed by atoms with Crippen LogP contribution in [0.25, 0.3) is 22.2 Å². The van der Waals surface area contributed by atoms with E-state index < -0.39 is 0 Å². The molecule has 1 fully saturated rings. The highest BCUT2D eigenvalue weighted by Gasteiger charge is 2.27. The monoisotopic (exact) mass is 392 g/mol. The normalized spacial score (nSPS) is 13.8. The zero-order valence-electron chi connectivity index (χ0n) is 17.4. The van der Waals surface area contributed by atoms with E-state index in [2.05, 4.69) is 23.1 Å². The van der Waals surface area contributed by atoms with Crippen molar-refractivity contribution in [3.63, 3.8) is 0 Å². The highest BCUT2D eigenvalue weighted by atomic mass is 16.5. The summed E-state index contributed by atoms with van der Waals surface area (Å²) in [7, 11) is 0. The summed E-state index contributed by atoms with van der Waals surface area (Å²) in [6, 6.07) is 2.15. The lowest BCUT2D eigenvalue weighted by Gasteiger charge is -2.16. The van der Waals surface area contributed by atoms with Gasteiger partial charge in [0.15, 0.2) is 5.65 Å². The van der Waals surface area contributed by atoms with Crippen LogP contribution >= 0.6 is 0 Å². The number of pyridine rings is 2. The average molecular weight is 393 g/mol. The molecule has 4 rings (SSSR count). The van der Waals surface area contributed by atoms with Crippen LogP contribution in [0.3, 0.4) is 0 Å². The molecule has 1 saturated carbocycles. The summed E-state index contributed by atoms with van der Waals surface area (Å²) in [6.45, 7) is 7.15. The number of aryl methyl sites for hydroxylation is 2. The van der Waals surface area contributed by atoms with Gasteiger partial charge in [-0.2, -0.15) is 5.10 Å². The molecule has 152 valence electrons. The molecular formula is C23H28N4O2. The van der Waals surface area contributed by atoms with Crippen molar-refractivity contribution in [3.8, 4) is 11.1 Å². The highest BCUT2D eigenvalue weighted by molar-refractivity contribution is 5.95. The molecule has 1 aliphatic carbocycles. The summed E-state index contributed by atoms with van der Waals surface area (Å²) >= 11 is 0. The zero-order chi connectivity index (χ0) is 20.4. The molecule has 3 aromatic rings. The molecule has 0 aliphatic heterocycles. The summed E-state index contributed by atoms with van der Waals surface area (Å²) in [6.07, 6.45) is 10.1. The smallest absolute Gasteiger partial charge is 0.306 e. The van der Waals surface area contributed by atoms with Gasteiger partial charge in [0.05, 0.1) is 12.8 Å². The fourth-order valence-electron chi connectivity index (χ4n) is 3.92. The second-order valence-corrected chi connectivity index (χ2v) is 7.81. The number of carbonyl (C=O) groups is 1. The van der Waals surface area contributed by atoms with E-state index in [9.17, 15) is 4.79 Å². The molecule has 0 saturated heterocycles. The van der Waals surface area contributed by atoms with Gasteiger partial charge in [-0.1, -0.05) is 0 Å². The fraction of sp³-hybridized carbons (Fsp3) is 0.478. The Bertz CT molecular complexity index is 1040. The summed E-state index contributed by atoms with van der Waals surface area (Å²) in [5, 5.41) is 5.59. The van der Waals surface area contributed by atoms with Crippen LogP contribution in [0.2, 0.25) is 0 Å². The molecular weight excluding hydrogens is 364 g/mol. The first-order chi connectivity index (χ1) is 14.1. The molecule has 6 nitrogen and oxygen atoms in total. The minimum atomic E-state index is -0.164. The van der Waals surface area contributed by atoms with Gasteiger partial charge in [0.2, 0.25) is 0 Å². The van der Waals surface area contributed by atoms with E-state index in [0.717, 1.165) is 51.9 Å². The van der Waals surface area contributed by atoms with E-state index in [-0.39, 0.29) is 5.97 Å². The Kier molecular flexibility index (Phi) is 5.60. The van der Waals surface area contributed by atoms with E-state index in [1.165, 1.54) is 12.8 Å². The van der Waals surface area contributed by atoms with Crippen LogP contribution < -0.4 is 0 Å². The van der Waals surface area contributed by atoms with Crippen molar-refractivity contribution >= 4 is 17.0 Å². The summed E-state index contributed by atoms with van der Waals surface area (Å²) in [4.78, 5) is 21.6. The van der Waals surface area contributed by atoms with Crippen molar-refractivity contribution in [2.45, 2.75) is 59.4 Å². The Hall–Kier alpha value is -2.76. The van der Waals surface area contributed by atoms with Crippen LogP contribution in [0.1, 0.15) is 49.9 Å². The Balaban J connectivity index is 1.89. The number of aromatic nitrogens is 4. The summed E-state index contributed by atoms with van der Waals surface area (Å²) in [5.41, 5.74) is 6.43. The minimum absolute atomic E-state index is 0.164. The molecule has 0 spiro atoms. The van der Waals surface area contributed by atoms with Gasteiger partial charge in [-0.15, -0.1) is 0 Å². The second kappa shape index (κ2) is 8.31. The predicted molar refractivity (Wildman–Crippen MR) is 113 cm³/mol. The van der Waals surface area contributed by atoms with E-state index in [1.54, 1.807) is 0 Å². The number of ether oxygens (including phenoxy) is 1. The Morgan fingerprint density at radius 3 is 2.76 bits per heavy atom. The van der Waals surface area contributed by atoms with Crippen LogP contribution in [0, 0.1) is 12.8 Å². The SMILES string of the molecule is CCOC(=O)CCc1c(CC2CC2)nc2c(cnn2CC)c1-c1cncc(C)c1. The quantitative estimate of drug-likeness (QED) is 0.536. The Labute approximate surface area is 171 Å². The lowest BCUT2D eigenvalue weighted by molar-refractivity contribution is -0.143. The molecule has 3 aromatic heterocycles. The van der Waals surface area contributed by atoms with Gasteiger partial charge < -0.3 is 4.74 Å². The summed E-state index contributed by atoms with van der Waals surface area (Å²) < 4.78 is 7.13. The van der Waals surface area contributed by atoms with Crippen molar-refractivity contribution in [1.29, 1.82) is 0 Å². The van der Waals surface area contributed by atoms with Crippen molar-refractivity contribution in [2.75, 3.05) is 6.61 Å². The lowest BCUT2D eigenvalue weighted by atomic mass is 9.92. The first-order valence-electron chi connectivity index (χ1n) is 10.6. The third-order valence-corrected chi connectivity index (χ3v) is 5.50. The first-order valence-corrected chi connectivity index (χ1v) is 10.6. The van der Waals surface area contributed by atoms with Gasteiger partial charge in [0.1, 0.15) is 0 Å². The molecule has 0 aromatic carbocycles. The molecule has 3 heterocycles. The topological polar surface area (TPSA) is 69.9 Å². The Morgan fingerprint density at radius 2 is 2.07 bits per heavy atom. The standard InChI is InChI=1S/C23H28N4O2/c1-4-27-23-19(14-25-27)22(17-10-15(3)12-24-13-17)18(8-9-21(28)29-5-2)20(26-23)11-16-6-7-16/h10,12-14,16H,4-9,11H2,1-3H3. The van der Waals surface area contributed by atoms with E-state index in [4.69, 9.17) is 9.72 Å². The molecule has 0 bridgehead atoms. The number of hydrogen-bond donors (Lipinski definition) is 0. The minimum Gasteiger partial charge on any atom is -0.466 e. The van der Waals surface area contributed by atoms with Gasteiger partial charge in [0.25, 0.3) is 0 Å². The second-order valence-electron chi connectivity index (χ2n) is 7.81. The van der Waals surface area contributed by atoms with E-state index >= 15 is 0 Å². The van der Waals surface area contributed by atoms with Crippen LogP contribution in [0.15, 0.2) is 24.7 Å². The molecule has 1 aliphatic rings. The van der Waals surface area contributed by atoms with Crippen LogP contribution in [-0.2, 0) is 28.9 Å². The van der Waals surface area contributed by atoms with Gasteiger partial charge in [-0.05, 0) is 69.6 Å². The zero-order valence-corrected chi connectivity index (χ0v) is 17.4. The number of nitrogens with zero attached hydrogens (tertiary/aromatic N) is 4. The van der Waals surface area contributed by atoms with Crippen LogP contribution in [0.4, 0.5) is 0 Å². The number of hydrogen-bond acceptors (Lipinski definition) is 5. The molecule has 0 N–H and O–H groups in total. The van der Waals surface area contributed by atoms with Gasteiger partial charge >= 0.3 is 5.97 Å². The van der Waals surface area contributed by atoms with E-state index in [1.807, 2.05) is 37.1 Å². The third-order valence-electron chi connectivity index (χ3n) is 5.50. The fourth-order valence-corrected chi connectivity index (χ4v) is 3.92. The predicted octanol–water partition coefficient (Wildman–Crippen LogP) is 4.27. The molecule has 0 atom stereocenters. The van der Waals surface area contributed by atoms with Gasteiger partial charge in [-0.25, -0.2) is 9.67 Å².